The number of nitrogens with zero attached hydrogens (tertiary/aromatic N) is 1. The lowest BCUT2D eigenvalue weighted by molar-refractivity contribution is -0.970. The van der Waals surface area contributed by atoms with Crippen molar-refractivity contribution in [3.05, 3.63) is 71.3 Å². The summed E-state index contributed by atoms with van der Waals surface area (Å²) in [6, 6.07) is 14.8. The van der Waals surface area contributed by atoms with Crippen molar-refractivity contribution in [1.82, 2.24) is 0 Å². The molecule has 0 spiro atoms. The first kappa shape index (κ1) is 17.3. The Kier molecular flexibility index (Phi) is 4.14. The highest BCUT2D eigenvalue weighted by atomic mass is 19.4. The second-order valence-corrected chi connectivity index (χ2v) is 7.51. The summed E-state index contributed by atoms with van der Waals surface area (Å²) in [6.45, 7) is 2.36. The van der Waals surface area contributed by atoms with Gasteiger partial charge < -0.3 is 4.48 Å². The number of halogens is 3. The number of hydrogen-bond donors (Lipinski definition) is 0. The van der Waals surface area contributed by atoms with Gasteiger partial charge in [-0.2, -0.15) is 13.2 Å². The molecule has 2 aromatic carbocycles. The van der Waals surface area contributed by atoms with E-state index in [2.05, 4.69) is 0 Å². The summed E-state index contributed by atoms with van der Waals surface area (Å²) in [5, 5.41) is 0. The zero-order valence-corrected chi connectivity index (χ0v) is 14.4. The zero-order valence-electron chi connectivity index (χ0n) is 14.4. The maximum atomic E-state index is 13.2. The summed E-state index contributed by atoms with van der Waals surface area (Å²) in [6.07, 6.45) is -2.73. The van der Waals surface area contributed by atoms with Crippen molar-refractivity contribution in [3.63, 3.8) is 0 Å². The molecule has 0 aromatic heterocycles. The molecule has 3 aliphatic heterocycles. The number of quaternary nitrogens is 1. The molecule has 3 fully saturated rings. The van der Waals surface area contributed by atoms with Crippen LogP contribution in [0.2, 0.25) is 0 Å². The number of ketones is 1. The Hall–Kier alpha value is -2.14. The van der Waals surface area contributed by atoms with E-state index in [0.717, 1.165) is 37.6 Å². The van der Waals surface area contributed by atoms with Crippen LogP contribution >= 0.6 is 0 Å². The molecule has 2 bridgehead atoms. The molecule has 3 aliphatic rings. The predicted octanol–water partition coefficient (Wildman–Crippen LogP) is 4.76. The van der Waals surface area contributed by atoms with Crippen LogP contribution < -0.4 is 0 Å². The Morgan fingerprint density at radius 2 is 1.65 bits per heavy atom. The van der Waals surface area contributed by atoms with E-state index in [9.17, 15) is 18.0 Å². The average molecular weight is 360 g/mol. The number of fused-ring (bicyclic) bond motifs is 3. The lowest BCUT2D eigenvalue weighted by Crippen LogP contribution is -2.63. The maximum Gasteiger partial charge on any atom is 0.416 e. The van der Waals surface area contributed by atoms with Crippen LogP contribution in [-0.2, 0) is 17.5 Å². The van der Waals surface area contributed by atoms with E-state index in [1.54, 1.807) is 6.07 Å². The van der Waals surface area contributed by atoms with Gasteiger partial charge in [0.25, 0.3) is 0 Å². The van der Waals surface area contributed by atoms with Crippen molar-refractivity contribution >= 4 is 5.78 Å². The Morgan fingerprint density at radius 3 is 2.31 bits per heavy atom. The maximum absolute atomic E-state index is 13.2. The molecule has 2 nitrogen and oxygen atoms in total. The summed E-state index contributed by atoms with van der Waals surface area (Å²) in [5.74, 6) is 0.100. The smallest absolute Gasteiger partial charge is 0.307 e. The van der Waals surface area contributed by atoms with Crippen molar-refractivity contribution in [2.75, 3.05) is 13.1 Å². The zero-order chi connectivity index (χ0) is 18.4. The largest absolute Gasteiger partial charge is 0.416 e. The number of piperidine rings is 3. The SMILES string of the molecule is O=C1C2CC[N+](Cc3ccccc3)(CC2)C1c1cccc(C(F)(F)F)c1. The van der Waals surface area contributed by atoms with Gasteiger partial charge in [-0.15, -0.1) is 0 Å². The van der Waals surface area contributed by atoms with Gasteiger partial charge in [0.2, 0.25) is 0 Å². The fraction of sp³-hybridized carbons (Fsp3) is 0.381. The summed E-state index contributed by atoms with van der Waals surface area (Å²) < 4.78 is 40.1. The summed E-state index contributed by atoms with van der Waals surface area (Å²) in [7, 11) is 0. The number of rotatable bonds is 3. The number of Topliss-reactive ketones (excluding diaryl/α,β-unsaturated/α-hetero) is 1. The molecule has 0 aliphatic carbocycles. The first-order valence-electron chi connectivity index (χ1n) is 9.00. The molecule has 2 aromatic rings. The van der Waals surface area contributed by atoms with Crippen molar-refractivity contribution in [1.29, 1.82) is 0 Å². The molecular weight excluding hydrogens is 339 g/mol. The minimum absolute atomic E-state index is 0.00897. The number of carbonyl (C=O) groups excluding carboxylic acids is 1. The van der Waals surface area contributed by atoms with E-state index in [1.807, 2.05) is 30.3 Å². The van der Waals surface area contributed by atoms with E-state index in [-0.39, 0.29) is 11.7 Å². The van der Waals surface area contributed by atoms with Crippen LogP contribution in [0.15, 0.2) is 54.6 Å². The van der Waals surface area contributed by atoms with Gasteiger partial charge in [0.15, 0.2) is 11.8 Å². The van der Waals surface area contributed by atoms with Crippen molar-refractivity contribution in [3.8, 4) is 0 Å². The van der Waals surface area contributed by atoms with E-state index < -0.39 is 17.8 Å². The third-order valence-electron chi connectivity index (χ3n) is 5.94. The summed E-state index contributed by atoms with van der Waals surface area (Å²) in [5.41, 5.74) is 0.950. The Morgan fingerprint density at radius 1 is 0.962 bits per heavy atom. The Bertz CT molecular complexity index is 808. The Labute approximate surface area is 150 Å². The second kappa shape index (κ2) is 6.23. The van der Waals surface area contributed by atoms with Crippen LogP contribution in [0.5, 0.6) is 0 Å². The van der Waals surface area contributed by atoms with Gasteiger partial charge in [-0.25, -0.2) is 0 Å². The molecular formula is C21H21F3NO+. The van der Waals surface area contributed by atoms with Gasteiger partial charge >= 0.3 is 6.18 Å². The third-order valence-corrected chi connectivity index (χ3v) is 5.94. The van der Waals surface area contributed by atoms with Crippen molar-refractivity contribution < 1.29 is 22.4 Å². The van der Waals surface area contributed by atoms with Gasteiger partial charge in [-0.3, -0.25) is 4.79 Å². The fourth-order valence-electron chi connectivity index (χ4n) is 4.68. The molecule has 1 atom stereocenters. The Balaban J connectivity index is 1.76. The highest BCUT2D eigenvalue weighted by molar-refractivity contribution is 5.87. The van der Waals surface area contributed by atoms with E-state index in [4.69, 9.17) is 0 Å². The molecule has 3 saturated heterocycles. The number of benzene rings is 2. The van der Waals surface area contributed by atoms with E-state index in [0.29, 0.717) is 16.6 Å². The standard InChI is InChI=1S/C21H21F3NO/c22-21(23,24)18-8-4-7-17(13-18)19-20(26)16-9-11-25(19,12-10-16)14-15-5-2-1-3-6-15/h1-8,13,16,19H,9-12,14H2/q+1. The van der Waals surface area contributed by atoms with Crippen LogP contribution in [0.25, 0.3) is 0 Å². The van der Waals surface area contributed by atoms with Gasteiger partial charge in [0, 0.05) is 29.9 Å². The molecule has 1 unspecified atom stereocenters. The molecule has 26 heavy (non-hydrogen) atoms. The molecule has 5 rings (SSSR count). The molecule has 0 saturated carbocycles. The highest BCUT2D eigenvalue weighted by Crippen LogP contribution is 2.46. The number of hydrogen-bond acceptors (Lipinski definition) is 1. The topological polar surface area (TPSA) is 17.1 Å². The van der Waals surface area contributed by atoms with Gasteiger partial charge in [0.05, 0.1) is 18.7 Å². The minimum atomic E-state index is -4.40. The highest BCUT2D eigenvalue weighted by Gasteiger charge is 2.54. The van der Waals surface area contributed by atoms with Crippen molar-refractivity contribution in [2.24, 2.45) is 5.92 Å². The summed E-state index contributed by atoms with van der Waals surface area (Å²) >= 11 is 0. The first-order valence-corrected chi connectivity index (χ1v) is 9.00. The van der Waals surface area contributed by atoms with Gasteiger partial charge in [-0.1, -0.05) is 42.5 Å². The lowest BCUT2D eigenvalue weighted by Gasteiger charge is -2.53. The predicted molar refractivity (Wildman–Crippen MR) is 92.1 cm³/mol. The molecule has 0 N–H and O–H groups in total. The first-order chi connectivity index (χ1) is 12.4. The van der Waals surface area contributed by atoms with Crippen LogP contribution in [-0.4, -0.2) is 23.4 Å². The van der Waals surface area contributed by atoms with Crippen LogP contribution in [0.1, 0.15) is 35.6 Å². The second-order valence-electron chi connectivity index (χ2n) is 7.51. The molecule has 136 valence electrons. The van der Waals surface area contributed by atoms with E-state index in [1.165, 1.54) is 12.1 Å². The van der Waals surface area contributed by atoms with Crippen LogP contribution in [0.4, 0.5) is 13.2 Å². The lowest BCUT2D eigenvalue weighted by atomic mass is 9.76. The average Bonchev–Trinajstić information content (AvgIpc) is 2.62. The molecule has 5 heteroatoms. The minimum Gasteiger partial charge on any atom is -0.307 e. The van der Waals surface area contributed by atoms with Gasteiger partial charge in [-0.05, 0) is 12.1 Å². The monoisotopic (exact) mass is 360 g/mol. The fourth-order valence-corrected chi connectivity index (χ4v) is 4.68. The van der Waals surface area contributed by atoms with Gasteiger partial charge in [0.1, 0.15) is 6.54 Å². The molecule has 3 heterocycles. The molecule has 0 radical (unpaired) electrons. The quantitative estimate of drug-likeness (QED) is 0.722. The van der Waals surface area contributed by atoms with Crippen molar-refractivity contribution in [2.45, 2.75) is 31.6 Å². The van der Waals surface area contributed by atoms with E-state index >= 15 is 0 Å². The van der Waals surface area contributed by atoms with Crippen LogP contribution in [0.3, 0.4) is 0 Å². The summed E-state index contributed by atoms with van der Waals surface area (Å²) in [4.78, 5) is 13.0. The normalized spacial score (nSPS) is 28.3. The van der Waals surface area contributed by atoms with Crippen LogP contribution in [0, 0.1) is 5.92 Å². The molecule has 0 amide bonds. The number of carbonyl (C=O) groups is 1. The number of alkyl halides is 3. The third kappa shape index (κ3) is 2.94.